The molecule has 5 rings (SSSR count). The molecule has 1 N–H and O–H groups in total. The Morgan fingerprint density at radius 2 is 1.70 bits per heavy atom. The Labute approximate surface area is 241 Å². The van der Waals surface area contributed by atoms with E-state index in [9.17, 15) is 0 Å². The van der Waals surface area contributed by atoms with E-state index in [4.69, 9.17) is 9.72 Å². The third-order valence-electron chi connectivity index (χ3n) is 9.40. The minimum absolute atomic E-state index is 0.0365. The lowest BCUT2D eigenvalue weighted by atomic mass is 9.79. The summed E-state index contributed by atoms with van der Waals surface area (Å²) in [5.74, 6) is 2.15. The average molecular weight is 547 g/mol. The second-order valence-corrected chi connectivity index (χ2v) is 12.3. The third kappa shape index (κ3) is 5.48. The molecule has 2 fully saturated rings. The van der Waals surface area contributed by atoms with Crippen LogP contribution in [0.3, 0.4) is 0 Å². The van der Waals surface area contributed by atoms with E-state index in [-0.39, 0.29) is 5.54 Å². The van der Waals surface area contributed by atoms with Crippen molar-refractivity contribution in [2.45, 2.75) is 83.6 Å². The normalized spacial score (nSPS) is 22.6. The molecule has 2 aliphatic rings. The Morgan fingerprint density at radius 3 is 2.27 bits per heavy atom. The number of anilines is 1. The van der Waals surface area contributed by atoms with Crippen molar-refractivity contribution in [2.75, 3.05) is 52.3 Å². The maximum atomic E-state index is 5.42. The molecule has 2 aliphatic heterocycles. The lowest BCUT2D eigenvalue weighted by Gasteiger charge is -2.47. The molecule has 0 aliphatic carbocycles. The minimum Gasteiger partial charge on any atom is -0.497 e. The predicted octanol–water partition coefficient (Wildman–Crippen LogP) is 5.65. The molecule has 40 heavy (non-hydrogen) atoms. The molecule has 7 heteroatoms. The Bertz CT molecular complexity index is 1250. The fraction of sp³-hybridized carbons (Fsp3) is 0.606. The van der Waals surface area contributed by atoms with Crippen molar-refractivity contribution < 1.29 is 4.74 Å². The van der Waals surface area contributed by atoms with Crippen LogP contribution >= 0.6 is 0 Å². The van der Waals surface area contributed by atoms with Crippen LogP contribution in [0.2, 0.25) is 0 Å². The summed E-state index contributed by atoms with van der Waals surface area (Å²) in [6, 6.07) is 17.0. The van der Waals surface area contributed by atoms with Crippen LogP contribution < -0.4 is 15.0 Å². The fourth-order valence-electron chi connectivity index (χ4n) is 7.32. The molecule has 0 amide bonds. The van der Waals surface area contributed by atoms with Crippen molar-refractivity contribution in [1.29, 1.82) is 0 Å². The van der Waals surface area contributed by atoms with Gasteiger partial charge in [-0.15, -0.1) is 0 Å². The SMILES string of the molecule is CCCC(c1nc2cc(N3CCC(c4ccc(OC)cc4)(N(C)C)CC3)ccc2n1CC)N1C[C@@H](C)N[C@@H](C)C1. The van der Waals surface area contributed by atoms with Gasteiger partial charge in [-0.05, 0) is 90.0 Å². The first-order chi connectivity index (χ1) is 19.3. The standard InChI is InChI=1S/C33H50N6O/c1-8-10-31(38-22-24(3)34-25(4)23-38)32-35-29-21-27(13-16-30(29)39(32)9-2)37-19-17-33(18-20-37,36(5)6)26-11-14-28(40-7)15-12-26/h11-16,21,24-25,31,34H,8-10,17-20,22-23H2,1-7H3/t24-,25+,31?. The van der Waals surface area contributed by atoms with Gasteiger partial charge in [-0.3, -0.25) is 9.80 Å². The van der Waals surface area contributed by atoms with Crippen LogP contribution in [0.15, 0.2) is 42.5 Å². The summed E-state index contributed by atoms with van der Waals surface area (Å²) in [6.45, 7) is 14.3. The van der Waals surface area contributed by atoms with E-state index in [1.54, 1.807) is 7.11 Å². The summed E-state index contributed by atoms with van der Waals surface area (Å²) in [7, 11) is 6.17. The van der Waals surface area contributed by atoms with E-state index < -0.39 is 0 Å². The number of aromatic nitrogens is 2. The van der Waals surface area contributed by atoms with E-state index in [0.29, 0.717) is 18.1 Å². The fourth-order valence-corrected chi connectivity index (χ4v) is 7.32. The number of piperidine rings is 1. The molecule has 2 saturated heterocycles. The quantitative estimate of drug-likeness (QED) is 0.375. The summed E-state index contributed by atoms with van der Waals surface area (Å²) in [6.07, 6.45) is 4.46. The molecule has 0 radical (unpaired) electrons. The first-order valence-corrected chi connectivity index (χ1v) is 15.4. The highest BCUT2D eigenvalue weighted by molar-refractivity contribution is 5.80. The number of nitrogens with zero attached hydrogens (tertiary/aromatic N) is 5. The Balaban J connectivity index is 1.40. The summed E-state index contributed by atoms with van der Waals surface area (Å²) < 4.78 is 7.88. The highest BCUT2D eigenvalue weighted by Gasteiger charge is 2.38. The van der Waals surface area contributed by atoms with E-state index in [0.717, 1.165) is 69.7 Å². The maximum Gasteiger partial charge on any atom is 0.127 e. The van der Waals surface area contributed by atoms with Crippen molar-refractivity contribution in [3.05, 3.63) is 53.9 Å². The zero-order valence-electron chi connectivity index (χ0n) is 25.8. The number of benzene rings is 2. The van der Waals surface area contributed by atoms with Gasteiger partial charge < -0.3 is 19.5 Å². The largest absolute Gasteiger partial charge is 0.497 e. The Morgan fingerprint density at radius 1 is 1.02 bits per heavy atom. The average Bonchev–Trinajstić information content (AvgIpc) is 3.32. The van der Waals surface area contributed by atoms with Crippen LogP contribution in [0.4, 0.5) is 5.69 Å². The highest BCUT2D eigenvalue weighted by Crippen LogP contribution is 2.40. The molecule has 1 aromatic heterocycles. The Hall–Kier alpha value is -2.61. The molecule has 7 nitrogen and oxygen atoms in total. The smallest absolute Gasteiger partial charge is 0.127 e. The number of hydrogen-bond acceptors (Lipinski definition) is 6. The minimum atomic E-state index is 0.0365. The van der Waals surface area contributed by atoms with Gasteiger partial charge in [0.2, 0.25) is 0 Å². The van der Waals surface area contributed by atoms with Crippen LogP contribution in [0.25, 0.3) is 11.0 Å². The van der Waals surface area contributed by atoms with Crippen LogP contribution in [0.1, 0.15) is 70.8 Å². The highest BCUT2D eigenvalue weighted by atomic mass is 16.5. The summed E-state index contributed by atoms with van der Waals surface area (Å²) in [5, 5.41) is 3.70. The number of methoxy groups -OCH3 is 1. The summed E-state index contributed by atoms with van der Waals surface area (Å²) >= 11 is 0. The van der Waals surface area contributed by atoms with Gasteiger partial charge in [0.25, 0.3) is 0 Å². The number of imidazole rings is 1. The monoisotopic (exact) mass is 546 g/mol. The van der Waals surface area contributed by atoms with Crippen LogP contribution in [0, 0.1) is 0 Å². The number of piperazine rings is 1. The van der Waals surface area contributed by atoms with Crippen molar-refractivity contribution in [1.82, 2.24) is 24.7 Å². The number of ether oxygens (including phenoxy) is 1. The van der Waals surface area contributed by atoms with Crippen molar-refractivity contribution >= 4 is 16.7 Å². The van der Waals surface area contributed by atoms with Crippen LogP contribution in [-0.2, 0) is 12.1 Å². The number of nitrogens with one attached hydrogen (secondary N) is 1. The van der Waals surface area contributed by atoms with Gasteiger partial charge in [-0.2, -0.15) is 0 Å². The zero-order chi connectivity index (χ0) is 28.4. The van der Waals surface area contributed by atoms with Crippen molar-refractivity contribution in [3.8, 4) is 5.75 Å². The molecule has 3 aromatic rings. The number of rotatable bonds is 9. The Kier molecular flexibility index (Phi) is 8.74. The maximum absolute atomic E-state index is 5.42. The first kappa shape index (κ1) is 28.9. The van der Waals surface area contributed by atoms with Gasteiger partial charge in [-0.25, -0.2) is 4.98 Å². The number of aryl methyl sites for hydroxylation is 1. The molecule has 1 unspecified atom stereocenters. The van der Waals surface area contributed by atoms with Gasteiger partial charge in [0, 0.05) is 56.0 Å². The molecule has 0 saturated carbocycles. The number of fused-ring (bicyclic) bond motifs is 1. The van der Waals surface area contributed by atoms with E-state index in [2.05, 4.69) is 109 Å². The van der Waals surface area contributed by atoms with Crippen LogP contribution in [-0.4, -0.2) is 78.8 Å². The van der Waals surface area contributed by atoms with Crippen LogP contribution in [0.5, 0.6) is 5.75 Å². The topological polar surface area (TPSA) is 48.8 Å². The molecule has 0 spiro atoms. The lowest BCUT2D eigenvalue weighted by molar-refractivity contribution is 0.110. The predicted molar refractivity (Wildman–Crippen MR) is 166 cm³/mol. The van der Waals surface area contributed by atoms with Crippen molar-refractivity contribution in [3.63, 3.8) is 0 Å². The molecular weight excluding hydrogens is 496 g/mol. The molecule has 0 bridgehead atoms. The van der Waals surface area contributed by atoms with E-state index in [1.807, 2.05) is 0 Å². The van der Waals surface area contributed by atoms with Gasteiger partial charge in [-0.1, -0.05) is 25.5 Å². The second kappa shape index (κ2) is 12.1. The van der Waals surface area contributed by atoms with Gasteiger partial charge in [0.05, 0.1) is 24.2 Å². The summed E-state index contributed by atoms with van der Waals surface area (Å²) in [4.78, 5) is 13.0. The molecular formula is C33H50N6O. The first-order valence-electron chi connectivity index (χ1n) is 15.4. The molecule has 2 aromatic carbocycles. The van der Waals surface area contributed by atoms with E-state index >= 15 is 0 Å². The molecule has 3 atom stereocenters. The lowest BCUT2D eigenvalue weighted by Crippen LogP contribution is -2.55. The summed E-state index contributed by atoms with van der Waals surface area (Å²) in [5.41, 5.74) is 5.09. The van der Waals surface area contributed by atoms with Gasteiger partial charge >= 0.3 is 0 Å². The third-order valence-corrected chi connectivity index (χ3v) is 9.40. The van der Waals surface area contributed by atoms with E-state index in [1.165, 1.54) is 22.6 Å². The van der Waals surface area contributed by atoms with Gasteiger partial charge in [0.15, 0.2) is 0 Å². The molecule has 3 heterocycles. The second-order valence-electron chi connectivity index (χ2n) is 12.3. The zero-order valence-corrected chi connectivity index (χ0v) is 25.8. The van der Waals surface area contributed by atoms with Crippen molar-refractivity contribution in [2.24, 2.45) is 0 Å². The number of hydrogen-bond donors (Lipinski definition) is 1. The molecule has 218 valence electrons. The van der Waals surface area contributed by atoms with Gasteiger partial charge in [0.1, 0.15) is 11.6 Å².